The third-order valence-corrected chi connectivity index (χ3v) is 6.93. The highest BCUT2D eigenvalue weighted by Gasteiger charge is 2.27. The van der Waals surface area contributed by atoms with Crippen molar-refractivity contribution in [3.05, 3.63) is 47.8 Å². The zero-order valence-corrected chi connectivity index (χ0v) is 18.5. The number of aryl methyl sites for hydroxylation is 2. The lowest BCUT2D eigenvalue weighted by Crippen LogP contribution is -2.44. The molecule has 1 atom stereocenters. The van der Waals surface area contributed by atoms with E-state index < -0.39 is 10.0 Å². The third-order valence-electron chi connectivity index (χ3n) is 5.35. The van der Waals surface area contributed by atoms with Crippen molar-refractivity contribution in [2.45, 2.75) is 31.2 Å². The number of carbonyl (C=O) groups is 1. The highest BCUT2D eigenvalue weighted by atomic mass is 32.2. The van der Waals surface area contributed by atoms with Gasteiger partial charge in [-0.15, -0.1) is 0 Å². The standard InChI is InChI=1S/C21H30N4O4S/c1-4-21(26)23-17-7-8-20(16(2)14-17)30(27,28)22-15-19(18-6-5-9-24(18)3)25-10-12-29-13-11-25/h5-9,14,19,22H,4,10-13,15H2,1-3H3,(H,23,26)/t19-/m0/s1. The summed E-state index contributed by atoms with van der Waals surface area (Å²) < 4.78 is 36.3. The molecular weight excluding hydrogens is 404 g/mol. The largest absolute Gasteiger partial charge is 0.379 e. The lowest BCUT2D eigenvalue weighted by molar-refractivity contribution is -0.115. The molecule has 0 aliphatic carbocycles. The Morgan fingerprint density at radius 3 is 2.57 bits per heavy atom. The first kappa shape index (κ1) is 22.5. The van der Waals surface area contributed by atoms with Crippen molar-refractivity contribution < 1.29 is 17.9 Å². The topological polar surface area (TPSA) is 92.7 Å². The Balaban J connectivity index is 1.77. The van der Waals surface area contributed by atoms with Crippen LogP contribution in [-0.2, 0) is 26.6 Å². The minimum atomic E-state index is -3.71. The molecule has 1 aromatic heterocycles. The molecule has 1 fully saturated rings. The van der Waals surface area contributed by atoms with Crippen molar-refractivity contribution in [2.75, 3.05) is 38.2 Å². The molecule has 8 nitrogen and oxygen atoms in total. The summed E-state index contributed by atoms with van der Waals surface area (Å²) in [6, 6.07) is 8.72. The second-order valence-corrected chi connectivity index (χ2v) is 9.18. The number of benzene rings is 1. The van der Waals surface area contributed by atoms with E-state index in [-0.39, 0.29) is 23.4 Å². The summed E-state index contributed by atoms with van der Waals surface area (Å²) in [6.07, 6.45) is 2.33. The van der Waals surface area contributed by atoms with E-state index in [0.717, 1.165) is 18.8 Å². The molecule has 30 heavy (non-hydrogen) atoms. The lowest BCUT2D eigenvalue weighted by Gasteiger charge is -2.35. The molecule has 3 rings (SSSR count). The molecule has 9 heteroatoms. The van der Waals surface area contributed by atoms with Crippen LogP contribution in [-0.4, -0.2) is 56.6 Å². The van der Waals surface area contributed by atoms with Crippen LogP contribution in [0.15, 0.2) is 41.4 Å². The van der Waals surface area contributed by atoms with Gasteiger partial charge in [-0.25, -0.2) is 13.1 Å². The van der Waals surface area contributed by atoms with E-state index in [0.29, 0.717) is 30.9 Å². The summed E-state index contributed by atoms with van der Waals surface area (Å²) in [5.41, 5.74) is 2.22. The van der Waals surface area contributed by atoms with Gasteiger partial charge in [0, 0.05) is 50.7 Å². The second kappa shape index (κ2) is 9.74. The molecule has 0 spiro atoms. The maximum absolute atomic E-state index is 13.0. The minimum absolute atomic E-state index is 0.0907. The molecule has 2 aromatic rings. The maximum atomic E-state index is 13.0. The smallest absolute Gasteiger partial charge is 0.240 e. The number of rotatable bonds is 8. The number of sulfonamides is 1. The maximum Gasteiger partial charge on any atom is 0.240 e. The number of amides is 1. The van der Waals surface area contributed by atoms with Gasteiger partial charge in [0.2, 0.25) is 15.9 Å². The normalized spacial score (nSPS) is 16.4. The average molecular weight is 435 g/mol. The van der Waals surface area contributed by atoms with Gasteiger partial charge in [0.1, 0.15) is 0 Å². The fourth-order valence-electron chi connectivity index (χ4n) is 3.67. The molecular formula is C21H30N4O4S. The van der Waals surface area contributed by atoms with Gasteiger partial charge in [-0.2, -0.15) is 0 Å². The molecule has 0 unspecified atom stereocenters. The lowest BCUT2D eigenvalue weighted by atomic mass is 10.1. The number of carbonyl (C=O) groups excluding carboxylic acids is 1. The summed E-state index contributed by atoms with van der Waals surface area (Å²) in [7, 11) is -1.75. The first-order chi connectivity index (χ1) is 14.3. The van der Waals surface area contributed by atoms with Crippen molar-refractivity contribution in [1.82, 2.24) is 14.2 Å². The van der Waals surface area contributed by atoms with Crippen molar-refractivity contribution >= 4 is 21.6 Å². The third kappa shape index (κ3) is 5.28. The molecule has 2 N–H and O–H groups in total. The van der Waals surface area contributed by atoms with E-state index in [1.807, 2.05) is 29.9 Å². The van der Waals surface area contributed by atoms with Gasteiger partial charge < -0.3 is 14.6 Å². The highest BCUT2D eigenvalue weighted by molar-refractivity contribution is 7.89. The van der Waals surface area contributed by atoms with Gasteiger partial charge in [0.25, 0.3) is 0 Å². The van der Waals surface area contributed by atoms with Gasteiger partial charge in [-0.1, -0.05) is 6.92 Å². The Morgan fingerprint density at radius 2 is 1.97 bits per heavy atom. The van der Waals surface area contributed by atoms with E-state index in [1.54, 1.807) is 26.0 Å². The van der Waals surface area contributed by atoms with E-state index in [2.05, 4.69) is 14.9 Å². The Morgan fingerprint density at radius 1 is 1.23 bits per heavy atom. The molecule has 0 radical (unpaired) electrons. The molecule has 1 aromatic carbocycles. The van der Waals surface area contributed by atoms with Crippen LogP contribution in [0.25, 0.3) is 0 Å². The first-order valence-electron chi connectivity index (χ1n) is 10.1. The predicted octanol–water partition coefficient (Wildman–Crippen LogP) is 2.03. The molecule has 1 aliphatic heterocycles. The van der Waals surface area contributed by atoms with E-state index >= 15 is 0 Å². The fourth-order valence-corrected chi connectivity index (χ4v) is 4.94. The molecule has 0 saturated carbocycles. The summed E-state index contributed by atoms with van der Waals surface area (Å²) in [4.78, 5) is 14.0. The van der Waals surface area contributed by atoms with Crippen LogP contribution in [0.1, 0.15) is 30.6 Å². The monoisotopic (exact) mass is 434 g/mol. The van der Waals surface area contributed by atoms with Crippen LogP contribution in [0, 0.1) is 6.92 Å². The summed E-state index contributed by atoms with van der Waals surface area (Å²) in [5, 5.41) is 2.75. The van der Waals surface area contributed by atoms with Gasteiger partial charge in [-0.3, -0.25) is 9.69 Å². The Kier molecular flexibility index (Phi) is 7.30. The fraction of sp³-hybridized carbons (Fsp3) is 0.476. The zero-order chi connectivity index (χ0) is 21.7. The molecule has 0 bridgehead atoms. The summed E-state index contributed by atoms with van der Waals surface area (Å²) in [5.74, 6) is -0.112. The zero-order valence-electron chi connectivity index (χ0n) is 17.7. The Hall–Kier alpha value is -2.20. The van der Waals surface area contributed by atoms with Crippen LogP contribution in [0.5, 0.6) is 0 Å². The van der Waals surface area contributed by atoms with Crippen molar-refractivity contribution in [1.29, 1.82) is 0 Å². The number of nitrogens with one attached hydrogen (secondary N) is 2. The van der Waals surface area contributed by atoms with Crippen LogP contribution in [0.2, 0.25) is 0 Å². The molecule has 2 heterocycles. The Bertz CT molecular complexity index is 981. The second-order valence-electron chi connectivity index (χ2n) is 7.44. The van der Waals surface area contributed by atoms with Crippen molar-refractivity contribution in [3.8, 4) is 0 Å². The van der Waals surface area contributed by atoms with Crippen molar-refractivity contribution in [2.24, 2.45) is 7.05 Å². The summed E-state index contributed by atoms with van der Waals surface area (Å²) in [6.45, 7) is 6.53. The predicted molar refractivity (Wildman–Crippen MR) is 116 cm³/mol. The van der Waals surface area contributed by atoms with E-state index in [4.69, 9.17) is 4.74 Å². The van der Waals surface area contributed by atoms with E-state index in [9.17, 15) is 13.2 Å². The molecule has 1 saturated heterocycles. The SMILES string of the molecule is CCC(=O)Nc1ccc(S(=O)(=O)NC[C@@H](c2cccn2C)N2CCOCC2)c(C)c1. The average Bonchev–Trinajstić information content (AvgIpc) is 3.14. The summed E-state index contributed by atoms with van der Waals surface area (Å²) >= 11 is 0. The number of aromatic nitrogens is 1. The number of ether oxygens (including phenoxy) is 1. The van der Waals surface area contributed by atoms with E-state index in [1.165, 1.54) is 6.07 Å². The Labute approximate surface area is 178 Å². The van der Waals surface area contributed by atoms with Crippen LogP contribution >= 0.6 is 0 Å². The molecule has 164 valence electrons. The number of morpholine rings is 1. The number of nitrogens with zero attached hydrogens (tertiary/aromatic N) is 2. The minimum Gasteiger partial charge on any atom is -0.379 e. The van der Waals surface area contributed by atoms with Gasteiger partial charge in [0.05, 0.1) is 24.2 Å². The van der Waals surface area contributed by atoms with Gasteiger partial charge in [0.15, 0.2) is 0 Å². The number of hydrogen-bond acceptors (Lipinski definition) is 5. The van der Waals surface area contributed by atoms with Gasteiger partial charge in [-0.05, 0) is 42.8 Å². The first-order valence-corrected chi connectivity index (χ1v) is 11.6. The van der Waals surface area contributed by atoms with Crippen molar-refractivity contribution in [3.63, 3.8) is 0 Å². The van der Waals surface area contributed by atoms with Gasteiger partial charge >= 0.3 is 0 Å². The molecule has 1 aliphatic rings. The van der Waals surface area contributed by atoms with Crippen LogP contribution < -0.4 is 10.0 Å². The van der Waals surface area contributed by atoms with Crippen LogP contribution in [0.4, 0.5) is 5.69 Å². The highest BCUT2D eigenvalue weighted by Crippen LogP contribution is 2.24. The quantitative estimate of drug-likeness (QED) is 0.663. The number of anilines is 1. The molecule has 1 amide bonds. The number of hydrogen-bond donors (Lipinski definition) is 2. The van der Waals surface area contributed by atoms with Crippen LogP contribution in [0.3, 0.4) is 0 Å².